The smallest absolute Gasteiger partial charge is 0.277 e. The maximum atomic E-state index is 12.6. The Morgan fingerprint density at radius 1 is 1.19 bits per heavy atom. The minimum atomic E-state index is -0.0894. The highest BCUT2D eigenvalue weighted by molar-refractivity contribution is 7.99. The Hall–Kier alpha value is -2.87. The first-order chi connectivity index (χ1) is 13.0. The van der Waals surface area contributed by atoms with Gasteiger partial charge in [-0.3, -0.25) is 14.5 Å². The zero-order valence-corrected chi connectivity index (χ0v) is 16.2. The highest BCUT2D eigenvalue weighted by Gasteiger charge is 2.13. The summed E-state index contributed by atoms with van der Waals surface area (Å²) in [5.74, 6) is 1.14. The van der Waals surface area contributed by atoms with Crippen molar-refractivity contribution in [2.24, 2.45) is 0 Å². The van der Waals surface area contributed by atoms with Gasteiger partial charge in [0, 0.05) is 23.7 Å². The van der Waals surface area contributed by atoms with E-state index in [1.807, 2.05) is 19.3 Å². The summed E-state index contributed by atoms with van der Waals surface area (Å²) in [6.45, 7) is 6.04. The van der Waals surface area contributed by atoms with Gasteiger partial charge in [0.25, 0.3) is 11.3 Å². The molecule has 138 valence electrons. The molecule has 8 heteroatoms. The number of hydrogen-bond donors (Lipinski definition) is 1. The second-order valence-electron chi connectivity index (χ2n) is 6.47. The lowest BCUT2D eigenvalue weighted by Gasteiger charge is -2.11. The molecule has 0 spiro atoms. The summed E-state index contributed by atoms with van der Waals surface area (Å²) in [7, 11) is 0. The van der Waals surface area contributed by atoms with E-state index in [2.05, 4.69) is 56.7 Å². The third kappa shape index (κ3) is 3.28. The molecule has 0 aliphatic carbocycles. The molecule has 4 rings (SSSR count). The van der Waals surface area contributed by atoms with Crippen molar-refractivity contribution in [2.75, 3.05) is 5.75 Å². The Balaban J connectivity index is 1.55. The fourth-order valence-corrected chi connectivity index (χ4v) is 4.01. The van der Waals surface area contributed by atoms with Crippen LogP contribution in [0.2, 0.25) is 0 Å². The van der Waals surface area contributed by atoms with E-state index in [9.17, 15) is 4.79 Å². The van der Waals surface area contributed by atoms with Crippen molar-refractivity contribution in [1.82, 2.24) is 29.1 Å². The van der Waals surface area contributed by atoms with Gasteiger partial charge < -0.3 is 0 Å². The number of thioether (sulfide) groups is 1. The molecular weight excluding hydrogens is 360 g/mol. The van der Waals surface area contributed by atoms with Crippen LogP contribution in [0.1, 0.15) is 22.4 Å². The van der Waals surface area contributed by atoms with Gasteiger partial charge in [-0.05, 0) is 44.4 Å². The molecule has 0 aliphatic rings. The number of rotatable bonds is 5. The van der Waals surface area contributed by atoms with Crippen LogP contribution >= 0.6 is 11.8 Å². The number of aromatic amines is 1. The molecule has 3 heterocycles. The molecule has 0 fully saturated rings. The summed E-state index contributed by atoms with van der Waals surface area (Å²) in [4.78, 5) is 25.5. The van der Waals surface area contributed by atoms with Gasteiger partial charge in [-0.25, -0.2) is 15.0 Å². The Morgan fingerprint density at radius 2 is 2.04 bits per heavy atom. The van der Waals surface area contributed by atoms with Gasteiger partial charge in [-0.15, -0.1) is 0 Å². The predicted octanol–water partition coefficient (Wildman–Crippen LogP) is 2.86. The molecule has 27 heavy (non-hydrogen) atoms. The van der Waals surface area contributed by atoms with Crippen LogP contribution < -0.4 is 5.56 Å². The second-order valence-corrected chi connectivity index (χ2v) is 7.53. The predicted molar refractivity (Wildman–Crippen MR) is 106 cm³/mol. The second kappa shape index (κ2) is 7.03. The van der Waals surface area contributed by atoms with Gasteiger partial charge in [-0.2, -0.15) is 4.52 Å². The summed E-state index contributed by atoms with van der Waals surface area (Å²) < 4.78 is 3.48. The lowest BCUT2D eigenvalue weighted by atomic mass is 10.1. The summed E-state index contributed by atoms with van der Waals surface area (Å²) in [6.07, 6.45) is 5.87. The van der Waals surface area contributed by atoms with Crippen molar-refractivity contribution in [3.63, 3.8) is 0 Å². The Morgan fingerprint density at radius 3 is 2.89 bits per heavy atom. The lowest BCUT2D eigenvalue weighted by molar-refractivity contribution is 0.851. The Labute approximate surface area is 160 Å². The van der Waals surface area contributed by atoms with Gasteiger partial charge in [0.05, 0.1) is 11.4 Å². The topological polar surface area (TPSA) is 80.9 Å². The standard InChI is InChI=1S/C19H20N6OS/c1-12-4-5-13(2)16(10-12)24-8-7-20-19(24)27-9-6-15-14(3)23-18-21-11-22-25(18)17(15)26/h4-5,7-8,10-11H,6,9H2,1-3H3,(H,21,22,23). The van der Waals surface area contributed by atoms with Crippen LogP contribution in [0.5, 0.6) is 0 Å². The van der Waals surface area contributed by atoms with E-state index in [0.29, 0.717) is 17.8 Å². The molecule has 0 radical (unpaired) electrons. The highest BCUT2D eigenvalue weighted by atomic mass is 32.2. The Bertz CT molecular complexity index is 1170. The molecule has 0 saturated carbocycles. The van der Waals surface area contributed by atoms with Crippen molar-refractivity contribution in [1.29, 1.82) is 0 Å². The number of benzene rings is 1. The van der Waals surface area contributed by atoms with E-state index >= 15 is 0 Å². The number of H-pyrrole nitrogens is 1. The zero-order chi connectivity index (χ0) is 19.0. The summed E-state index contributed by atoms with van der Waals surface area (Å²) in [5.41, 5.74) is 4.88. The van der Waals surface area contributed by atoms with Crippen LogP contribution in [0.15, 0.2) is 46.9 Å². The van der Waals surface area contributed by atoms with E-state index in [4.69, 9.17) is 0 Å². The molecule has 1 N–H and O–H groups in total. The van der Waals surface area contributed by atoms with Gasteiger partial charge in [-0.1, -0.05) is 23.9 Å². The first-order valence-electron chi connectivity index (χ1n) is 8.70. The lowest BCUT2D eigenvalue weighted by Crippen LogP contribution is -2.22. The van der Waals surface area contributed by atoms with E-state index in [0.717, 1.165) is 22.3 Å². The number of aryl methyl sites for hydroxylation is 3. The number of fused-ring (bicyclic) bond motifs is 1. The maximum Gasteiger partial charge on any atom is 0.277 e. The average molecular weight is 380 g/mol. The van der Waals surface area contributed by atoms with Gasteiger partial charge >= 0.3 is 0 Å². The number of imidazole rings is 1. The minimum absolute atomic E-state index is 0.0894. The fourth-order valence-electron chi connectivity index (χ4n) is 3.09. The molecule has 0 aliphatic heterocycles. The van der Waals surface area contributed by atoms with Gasteiger partial charge in [0.15, 0.2) is 5.16 Å². The van der Waals surface area contributed by atoms with Crippen molar-refractivity contribution >= 4 is 17.5 Å². The molecule has 0 bridgehead atoms. The van der Waals surface area contributed by atoms with Gasteiger partial charge in [0.2, 0.25) is 0 Å². The number of nitrogens with zero attached hydrogens (tertiary/aromatic N) is 5. The van der Waals surface area contributed by atoms with Crippen molar-refractivity contribution in [2.45, 2.75) is 32.3 Å². The van der Waals surface area contributed by atoms with Crippen LogP contribution in [-0.4, -0.2) is 34.9 Å². The van der Waals surface area contributed by atoms with Crippen LogP contribution in [0.4, 0.5) is 0 Å². The largest absolute Gasteiger partial charge is 0.295 e. The number of nitrogens with one attached hydrogen (secondary N) is 1. The average Bonchev–Trinajstić information content (AvgIpc) is 3.29. The molecule has 0 unspecified atom stereocenters. The first-order valence-corrected chi connectivity index (χ1v) is 9.68. The normalized spacial score (nSPS) is 11.4. The van der Waals surface area contributed by atoms with Crippen LogP contribution in [-0.2, 0) is 6.42 Å². The molecule has 0 saturated heterocycles. The van der Waals surface area contributed by atoms with E-state index in [1.165, 1.54) is 22.0 Å². The monoisotopic (exact) mass is 380 g/mol. The van der Waals surface area contributed by atoms with Gasteiger partial charge in [0.1, 0.15) is 6.33 Å². The maximum absolute atomic E-state index is 12.6. The van der Waals surface area contributed by atoms with Crippen LogP contribution in [0.3, 0.4) is 0 Å². The summed E-state index contributed by atoms with van der Waals surface area (Å²) in [6, 6.07) is 6.39. The minimum Gasteiger partial charge on any atom is -0.295 e. The van der Waals surface area contributed by atoms with Crippen molar-refractivity contribution < 1.29 is 0 Å². The molecule has 0 amide bonds. The quantitative estimate of drug-likeness (QED) is 0.539. The molecule has 7 nitrogen and oxygen atoms in total. The first kappa shape index (κ1) is 17.5. The number of hydrogen-bond acceptors (Lipinski definition) is 5. The SMILES string of the molecule is Cc1ccc(C)c(-n2ccnc2SCCc2c(C)nc3nc[nH]n3c2=O)c1. The van der Waals surface area contributed by atoms with E-state index in [1.54, 1.807) is 11.8 Å². The van der Waals surface area contributed by atoms with Crippen molar-refractivity contribution in [3.05, 3.63) is 69.7 Å². The fraction of sp³-hybridized carbons (Fsp3) is 0.263. The van der Waals surface area contributed by atoms with Crippen LogP contribution in [0.25, 0.3) is 11.5 Å². The third-order valence-corrected chi connectivity index (χ3v) is 5.52. The summed E-state index contributed by atoms with van der Waals surface area (Å²) in [5, 5.41) is 3.72. The van der Waals surface area contributed by atoms with E-state index in [-0.39, 0.29) is 5.56 Å². The highest BCUT2D eigenvalue weighted by Crippen LogP contribution is 2.24. The zero-order valence-electron chi connectivity index (χ0n) is 15.4. The Kier molecular flexibility index (Phi) is 4.57. The van der Waals surface area contributed by atoms with E-state index < -0.39 is 0 Å². The molecule has 3 aromatic heterocycles. The molecule has 1 aromatic carbocycles. The number of aromatic nitrogens is 6. The third-order valence-electron chi connectivity index (χ3n) is 4.55. The molecular formula is C19H20N6OS. The van der Waals surface area contributed by atoms with Crippen molar-refractivity contribution in [3.8, 4) is 5.69 Å². The molecule has 0 atom stereocenters. The van der Waals surface area contributed by atoms with Crippen LogP contribution in [0, 0.1) is 20.8 Å². The molecule has 4 aromatic rings. The summed E-state index contributed by atoms with van der Waals surface area (Å²) >= 11 is 1.63.